The maximum atomic E-state index is 12.7. The zero-order valence-electron chi connectivity index (χ0n) is 17.1. The first-order valence-corrected chi connectivity index (χ1v) is 9.70. The van der Waals surface area contributed by atoms with Gasteiger partial charge in [-0.15, -0.1) is 0 Å². The van der Waals surface area contributed by atoms with E-state index in [0.29, 0.717) is 25.2 Å². The van der Waals surface area contributed by atoms with Crippen LogP contribution in [0.2, 0.25) is 0 Å². The van der Waals surface area contributed by atoms with Gasteiger partial charge in [0.25, 0.3) is 0 Å². The monoisotopic (exact) mass is 383 g/mol. The Kier molecular flexibility index (Phi) is 6.14. The molecule has 1 aliphatic rings. The molecule has 0 saturated heterocycles. The summed E-state index contributed by atoms with van der Waals surface area (Å²) in [5, 5.41) is 5.95. The highest BCUT2D eigenvalue weighted by Gasteiger charge is 2.25. The molecule has 0 spiro atoms. The minimum absolute atomic E-state index is 0.00532. The highest BCUT2D eigenvalue weighted by molar-refractivity contribution is 5.95. The predicted octanol–water partition coefficient (Wildman–Crippen LogP) is 2.59. The zero-order chi connectivity index (χ0) is 20.3. The lowest BCUT2D eigenvalue weighted by atomic mass is 9.98. The lowest BCUT2D eigenvalue weighted by Crippen LogP contribution is -2.31. The third-order valence-corrected chi connectivity index (χ3v) is 5.05. The number of aromatic nitrogens is 2. The summed E-state index contributed by atoms with van der Waals surface area (Å²) in [5.74, 6) is 0.946. The van der Waals surface area contributed by atoms with Crippen LogP contribution in [-0.4, -0.2) is 46.9 Å². The van der Waals surface area contributed by atoms with E-state index >= 15 is 0 Å². The molecule has 2 aromatic rings. The van der Waals surface area contributed by atoms with Gasteiger partial charge < -0.3 is 20.1 Å². The summed E-state index contributed by atoms with van der Waals surface area (Å²) in [7, 11) is 3.88. The molecule has 1 aromatic heterocycles. The molecule has 0 radical (unpaired) electrons. The molecule has 3 rings (SSSR count). The number of benzene rings is 1. The molecule has 2 N–H and O–H groups in total. The third-order valence-electron chi connectivity index (χ3n) is 5.05. The number of fused-ring (bicyclic) bond motifs is 1. The smallest absolute Gasteiger partial charge is 0.229 e. The fourth-order valence-corrected chi connectivity index (χ4v) is 3.42. The van der Waals surface area contributed by atoms with Crippen LogP contribution in [0.15, 0.2) is 24.4 Å². The number of hydrogen-bond donors (Lipinski definition) is 2. The van der Waals surface area contributed by atoms with Crippen molar-refractivity contribution < 1.29 is 9.59 Å². The topological polar surface area (TPSA) is 79.3 Å². The maximum Gasteiger partial charge on any atom is 0.229 e. The Hall–Kier alpha value is -2.67. The standard InChI is InChI=1S/C21H29N5O2/c1-14-5-7-17(11-18(14)24-20(27)9-10-25(3)4)23-21(28)16-6-8-19-22-15(2)12-26(19)13-16/h5,7,11-12,16H,6,8-10,13H2,1-4H3,(H,23,28)(H,24,27). The van der Waals surface area contributed by atoms with Crippen LogP contribution in [-0.2, 0) is 22.6 Å². The van der Waals surface area contributed by atoms with Gasteiger partial charge in [-0.2, -0.15) is 0 Å². The second kappa shape index (κ2) is 8.56. The van der Waals surface area contributed by atoms with Crippen molar-refractivity contribution in [1.82, 2.24) is 14.5 Å². The Morgan fingerprint density at radius 1 is 1.25 bits per heavy atom. The molecule has 1 aliphatic heterocycles. The van der Waals surface area contributed by atoms with Crippen molar-refractivity contribution >= 4 is 23.2 Å². The fourth-order valence-electron chi connectivity index (χ4n) is 3.42. The van der Waals surface area contributed by atoms with Crippen LogP contribution in [0.5, 0.6) is 0 Å². The van der Waals surface area contributed by atoms with E-state index in [9.17, 15) is 9.59 Å². The Labute approximate surface area is 166 Å². The van der Waals surface area contributed by atoms with Gasteiger partial charge in [-0.05, 0) is 52.1 Å². The van der Waals surface area contributed by atoms with Crippen LogP contribution < -0.4 is 10.6 Å². The van der Waals surface area contributed by atoms with Gasteiger partial charge in [-0.25, -0.2) is 4.98 Å². The molecule has 0 saturated carbocycles. The van der Waals surface area contributed by atoms with Crippen LogP contribution in [0.1, 0.15) is 29.9 Å². The summed E-state index contributed by atoms with van der Waals surface area (Å²) < 4.78 is 2.08. The van der Waals surface area contributed by atoms with Crippen molar-refractivity contribution in [1.29, 1.82) is 0 Å². The molecule has 7 heteroatoms. The van der Waals surface area contributed by atoms with Gasteiger partial charge >= 0.3 is 0 Å². The molecule has 0 aliphatic carbocycles. The summed E-state index contributed by atoms with van der Waals surface area (Å²) in [6.07, 6.45) is 4.04. The van der Waals surface area contributed by atoms with E-state index in [-0.39, 0.29) is 17.7 Å². The van der Waals surface area contributed by atoms with Crippen LogP contribution in [0.25, 0.3) is 0 Å². The average molecular weight is 383 g/mol. The number of carbonyl (C=O) groups is 2. The van der Waals surface area contributed by atoms with Crippen LogP contribution in [0.3, 0.4) is 0 Å². The molecular formula is C21H29N5O2. The molecule has 0 fully saturated rings. The summed E-state index contributed by atoms with van der Waals surface area (Å²) >= 11 is 0. The molecular weight excluding hydrogens is 354 g/mol. The fraction of sp³-hybridized carbons (Fsp3) is 0.476. The highest BCUT2D eigenvalue weighted by Crippen LogP contribution is 2.24. The van der Waals surface area contributed by atoms with Crippen molar-refractivity contribution in [2.24, 2.45) is 5.92 Å². The van der Waals surface area contributed by atoms with E-state index in [2.05, 4.69) is 20.2 Å². The largest absolute Gasteiger partial charge is 0.334 e. The van der Waals surface area contributed by atoms with Gasteiger partial charge in [-0.1, -0.05) is 6.07 Å². The number of nitrogens with one attached hydrogen (secondary N) is 2. The Balaban J connectivity index is 1.62. The first-order chi connectivity index (χ1) is 13.3. The SMILES string of the molecule is Cc1cn2c(n1)CCC(C(=O)Nc1ccc(C)c(NC(=O)CCN(C)C)c1)C2. The first kappa shape index (κ1) is 20.1. The molecule has 7 nitrogen and oxygen atoms in total. The maximum absolute atomic E-state index is 12.7. The quantitative estimate of drug-likeness (QED) is 0.804. The molecule has 2 heterocycles. The van der Waals surface area contributed by atoms with Crippen LogP contribution in [0, 0.1) is 19.8 Å². The van der Waals surface area contributed by atoms with Crippen LogP contribution >= 0.6 is 0 Å². The van der Waals surface area contributed by atoms with E-state index in [0.717, 1.165) is 35.6 Å². The molecule has 1 aromatic carbocycles. The second-order valence-corrected chi connectivity index (χ2v) is 7.81. The Morgan fingerprint density at radius 2 is 2.04 bits per heavy atom. The van der Waals surface area contributed by atoms with Gasteiger partial charge in [-0.3, -0.25) is 9.59 Å². The van der Waals surface area contributed by atoms with Gasteiger partial charge in [0.05, 0.1) is 11.6 Å². The zero-order valence-corrected chi connectivity index (χ0v) is 17.1. The second-order valence-electron chi connectivity index (χ2n) is 7.81. The Bertz CT molecular complexity index is 872. The normalized spacial score (nSPS) is 16.0. The van der Waals surface area contributed by atoms with Crippen molar-refractivity contribution in [2.45, 2.75) is 39.7 Å². The van der Waals surface area contributed by atoms with Gasteiger partial charge in [0.15, 0.2) is 0 Å². The molecule has 150 valence electrons. The van der Waals surface area contributed by atoms with Crippen molar-refractivity contribution in [3.63, 3.8) is 0 Å². The molecule has 1 unspecified atom stereocenters. The van der Waals surface area contributed by atoms with Crippen molar-refractivity contribution in [3.8, 4) is 0 Å². The van der Waals surface area contributed by atoms with Crippen molar-refractivity contribution in [3.05, 3.63) is 41.5 Å². The van der Waals surface area contributed by atoms with Gasteiger partial charge in [0.2, 0.25) is 11.8 Å². The summed E-state index contributed by atoms with van der Waals surface area (Å²) in [4.78, 5) is 31.3. The lowest BCUT2D eigenvalue weighted by molar-refractivity contribution is -0.120. The number of rotatable bonds is 6. The number of amides is 2. The molecule has 2 amide bonds. The van der Waals surface area contributed by atoms with Crippen molar-refractivity contribution in [2.75, 3.05) is 31.3 Å². The minimum Gasteiger partial charge on any atom is -0.334 e. The number of aryl methyl sites for hydroxylation is 3. The third kappa shape index (κ3) is 4.98. The first-order valence-electron chi connectivity index (χ1n) is 9.70. The van der Waals surface area contributed by atoms with E-state index in [1.165, 1.54) is 0 Å². The molecule has 28 heavy (non-hydrogen) atoms. The molecule has 1 atom stereocenters. The summed E-state index contributed by atoms with van der Waals surface area (Å²) in [5.41, 5.74) is 3.39. The van der Waals surface area contributed by atoms with E-state index < -0.39 is 0 Å². The van der Waals surface area contributed by atoms with Crippen LogP contribution in [0.4, 0.5) is 11.4 Å². The Morgan fingerprint density at radius 3 is 2.79 bits per heavy atom. The number of carbonyl (C=O) groups excluding carboxylic acids is 2. The summed E-state index contributed by atoms with van der Waals surface area (Å²) in [6.45, 7) is 5.26. The lowest BCUT2D eigenvalue weighted by Gasteiger charge is -2.23. The molecule has 0 bridgehead atoms. The van der Waals surface area contributed by atoms with E-state index in [1.807, 2.05) is 57.2 Å². The van der Waals surface area contributed by atoms with E-state index in [4.69, 9.17) is 0 Å². The van der Waals surface area contributed by atoms with Gasteiger partial charge in [0.1, 0.15) is 5.82 Å². The summed E-state index contributed by atoms with van der Waals surface area (Å²) in [6, 6.07) is 5.62. The highest BCUT2D eigenvalue weighted by atomic mass is 16.2. The predicted molar refractivity (Wildman–Crippen MR) is 110 cm³/mol. The average Bonchev–Trinajstić information content (AvgIpc) is 3.01. The van der Waals surface area contributed by atoms with Gasteiger partial charge in [0, 0.05) is 43.5 Å². The van der Waals surface area contributed by atoms with E-state index in [1.54, 1.807) is 0 Å². The minimum atomic E-state index is -0.0828. The number of anilines is 2. The number of nitrogens with zero attached hydrogens (tertiary/aromatic N) is 3. The number of imidazole rings is 1. The number of hydrogen-bond acceptors (Lipinski definition) is 4.